The molecule has 31 heavy (non-hydrogen) atoms. The van der Waals surface area contributed by atoms with Crippen LogP contribution in [-0.4, -0.2) is 58.3 Å². The number of nitrogens with two attached hydrogens (primary N) is 2. The van der Waals surface area contributed by atoms with E-state index in [0.29, 0.717) is 12.3 Å². The van der Waals surface area contributed by atoms with Crippen molar-refractivity contribution in [1.29, 1.82) is 0 Å². The Morgan fingerprint density at radius 1 is 1.23 bits per heavy atom. The van der Waals surface area contributed by atoms with Crippen LogP contribution in [0.15, 0.2) is 29.4 Å². The first-order chi connectivity index (χ1) is 14.9. The Morgan fingerprint density at radius 3 is 2.68 bits per heavy atom. The predicted molar refractivity (Wildman–Crippen MR) is 118 cm³/mol. The van der Waals surface area contributed by atoms with Crippen molar-refractivity contribution in [3.63, 3.8) is 0 Å². The summed E-state index contributed by atoms with van der Waals surface area (Å²) in [6.07, 6.45) is 3.01. The van der Waals surface area contributed by atoms with E-state index in [2.05, 4.69) is 25.8 Å². The molecule has 0 aliphatic rings. The third-order valence-corrected chi connectivity index (χ3v) is 4.33. The monoisotopic (exact) mass is 451 g/mol. The number of anilines is 2. The number of unbranched alkanes of at least 4 members (excludes halogenated alkanes) is 1. The first-order valence-electron chi connectivity index (χ1n) is 9.55. The fraction of sp³-hybridized carbons (Fsp3) is 0.368. The van der Waals surface area contributed by atoms with Crippen LogP contribution in [0.4, 0.5) is 11.6 Å². The number of nitrogen functional groups attached to an aromatic ring is 2. The van der Waals surface area contributed by atoms with Gasteiger partial charge in [0.15, 0.2) is 22.5 Å². The number of benzene rings is 1. The molecule has 168 valence electrons. The summed E-state index contributed by atoms with van der Waals surface area (Å²) in [4.78, 5) is 19.5. The highest BCUT2D eigenvalue weighted by Gasteiger charge is 2.14. The van der Waals surface area contributed by atoms with Gasteiger partial charge in [-0.1, -0.05) is 23.7 Å². The molecule has 1 aromatic carbocycles. The third kappa shape index (κ3) is 8.24. The van der Waals surface area contributed by atoms with Crippen molar-refractivity contribution in [3.8, 4) is 5.75 Å². The minimum absolute atomic E-state index is 0.0480. The second-order valence-corrected chi connectivity index (χ2v) is 6.88. The minimum atomic E-state index is -0.883. The normalized spacial score (nSPS) is 12.0. The molecule has 12 heteroatoms. The predicted octanol–water partition coefficient (Wildman–Crippen LogP) is 0.312. The van der Waals surface area contributed by atoms with E-state index in [1.807, 2.05) is 24.3 Å². The van der Waals surface area contributed by atoms with E-state index in [4.69, 9.17) is 32.9 Å². The molecule has 0 aliphatic carbocycles. The van der Waals surface area contributed by atoms with E-state index in [0.717, 1.165) is 24.8 Å². The highest BCUT2D eigenvalue weighted by atomic mass is 35.5. The quantitative estimate of drug-likeness (QED) is 0.114. The van der Waals surface area contributed by atoms with Gasteiger partial charge in [-0.25, -0.2) is 9.97 Å². The number of nitrogens with zero attached hydrogens (tertiary/aromatic N) is 3. The molecule has 0 fully saturated rings. The van der Waals surface area contributed by atoms with Gasteiger partial charge in [-0.15, -0.1) is 0 Å². The van der Waals surface area contributed by atoms with Crippen molar-refractivity contribution in [3.05, 3.63) is 40.7 Å². The Bertz CT molecular complexity index is 880. The van der Waals surface area contributed by atoms with Gasteiger partial charge in [-0.2, -0.15) is 5.10 Å². The van der Waals surface area contributed by atoms with E-state index in [9.17, 15) is 9.90 Å². The van der Waals surface area contributed by atoms with Crippen molar-refractivity contribution in [2.75, 3.05) is 31.2 Å². The van der Waals surface area contributed by atoms with Crippen LogP contribution in [0.2, 0.25) is 5.15 Å². The first kappa shape index (κ1) is 24.1. The lowest BCUT2D eigenvalue weighted by Crippen LogP contribution is -2.26. The number of nitrogens with one attached hydrogen (secondary N) is 2. The van der Waals surface area contributed by atoms with Crippen molar-refractivity contribution < 1.29 is 19.7 Å². The molecule has 0 aliphatic heterocycles. The van der Waals surface area contributed by atoms with Crippen molar-refractivity contribution >= 4 is 35.5 Å². The number of aliphatic hydroxyl groups excluding tert-OH is 2. The zero-order chi connectivity index (χ0) is 22.6. The third-order valence-electron chi connectivity index (χ3n) is 4.05. The van der Waals surface area contributed by atoms with E-state index in [1.165, 1.54) is 6.34 Å². The van der Waals surface area contributed by atoms with Crippen molar-refractivity contribution in [2.45, 2.75) is 25.4 Å². The number of hydrazone groups is 1. The zero-order valence-corrected chi connectivity index (χ0v) is 17.5. The van der Waals surface area contributed by atoms with Crippen LogP contribution in [0.3, 0.4) is 0 Å². The van der Waals surface area contributed by atoms with E-state index in [-0.39, 0.29) is 35.7 Å². The maximum absolute atomic E-state index is 12.0. The van der Waals surface area contributed by atoms with E-state index < -0.39 is 12.0 Å². The summed E-state index contributed by atoms with van der Waals surface area (Å²) in [6.45, 7) is 0.350. The number of amides is 1. The molecule has 0 bridgehead atoms. The lowest BCUT2D eigenvalue weighted by molar-refractivity contribution is 0.0536. The first-order valence-corrected chi connectivity index (χ1v) is 9.93. The molecule has 0 unspecified atom stereocenters. The number of ether oxygens (including phenoxy) is 1. The average molecular weight is 452 g/mol. The Morgan fingerprint density at radius 2 is 1.97 bits per heavy atom. The Labute approximate surface area is 184 Å². The van der Waals surface area contributed by atoms with E-state index in [1.54, 1.807) is 0 Å². The van der Waals surface area contributed by atoms with Gasteiger partial charge in [0.2, 0.25) is 0 Å². The molecule has 1 amide bonds. The highest BCUT2D eigenvalue weighted by molar-refractivity contribution is 6.31. The van der Waals surface area contributed by atoms with Gasteiger partial charge in [0, 0.05) is 6.54 Å². The van der Waals surface area contributed by atoms with Crippen molar-refractivity contribution in [1.82, 2.24) is 20.7 Å². The number of halogens is 1. The van der Waals surface area contributed by atoms with Crippen LogP contribution in [-0.2, 0) is 6.42 Å². The second kappa shape index (κ2) is 12.5. The highest BCUT2D eigenvalue weighted by Crippen LogP contribution is 2.17. The summed E-state index contributed by atoms with van der Waals surface area (Å²) < 4.78 is 5.36. The SMILES string of the molecule is Nc1nc(N)c(C(=O)NC=NNCCCCc2ccc(OC[C@H](O)CO)cc2)nc1Cl. The molecule has 0 saturated heterocycles. The Kier molecular flexibility index (Phi) is 9.75. The summed E-state index contributed by atoms with van der Waals surface area (Å²) in [5.74, 6) is -0.129. The number of hydrogen-bond donors (Lipinski definition) is 6. The number of rotatable bonds is 12. The average Bonchev–Trinajstić information content (AvgIpc) is 2.76. The van der Waals surface area contributed by atoms with Crippen molar-refractivity contribution in [2.24, 2.45) is 5.10 Å². The molecular formula is C19H26ClN7O4. The van der Waals surface area contributed by atoms with Gasteiger partial charge in [0.05, 0.1) is 6.61 Å². The molecular weight excluding hydrogens is 426 g/mol. The fourth-order valence-electron chi connectivity index (χ4n) is 2.41. The summed E-state index contributed by atoms with van der Waals surface area (Å²) >= 11 is 5.74. The maximum Gasteiger partial charge on any atom is 0.278 e. The molecule has 0 saturated carbocycles. The van der Waals surface area contributed by atoms with Gasteiger partial charge in [-0.3, -0.25) is 4.79 Å². The van der Waals surface area contributed by atoms with Crippen LogP contribution >= 0.6 is 11.6 Å². The number of carbonyl (C=O) groups is 1. The van der Waals surface area contributed by atoms with Gasteiger partial charge < -0.3 is 37.2 Å². The zero-order valence-electron chi connectivity index (χ0n) is 16.8. The standard InChI is InChI=1S/C19H26ClN7O4/c20-16-18(22)27-17(21)15(26-16)19(30)23-11-25-24-8-2-1-3-12-4-6-14(7-5-12)31-10-13(29)9-28/h4-7,11,13,24,28-29H,1-3,8-10H2,(H4,21,22,27)(H,23,25,30)/t13-/m1/s1. The lowest BCUT2D eigenvalue weighted by atomic mass is 10.1. The van der Waals surface area contributed by atoms with Gasteiger partial charge in [0.25, 0.3) is 5.91 Å². The Hall–Kier alpha value is -3.15. The van der Waals surface area contributed by atoms with Gasteiger partial charge >= 0.3 is 0 Å². The number of aromatic nitrogens is 2. The van der Waals surface area contributed by atoms with Gasteiger partial charge in [0.1, 0.15) is 24.8 Å². The molecule has 2 aromatic rings. The molecule has 11 nitrogen and oxygen atoms in total. The largest absolute Gasteiger partial charge is 0.491 e. The minimum Gasteiger partial charge on any atom is -0.491 e. The van der Waals surface area contributed by atoms with Crippen LogP contribution in [0.5, 0.6) is 5.75 Å². The molecule has 1 aromatic heterocycles. The maximum atomic E-state index is 12.0. The molecule has 0 spiro atoms. The lowest BCUT2D eigenvalue weighted by Gasteiger charge is -2.10. The molecule has 1 atom stereocenters. The Balaban J connectivity index is 1.61. The van der Waals surface area contributed by atoms with Gasteiger partial charge in [-0.05, 0) is 37.0 Å². The smallest absolute Gasteiger partial charge is 0.278 e. The molecule has 8 N–H and O–H groups in total. The topological polar surface area (TPSA) is 181 Å². The van der Waals surface area contributed by atoms with Crippen LogP contribution < -0.4 is 26.9 Å². The number of aliphatic hydroxyl groups is 2. The fourth-order valence-corrected chi connectivity index (χ4v) is 2.54. The molecule has 2 rings (SSSR count). The summed E-state index contributed by atoms with van der Waals surface area (Å²) in [5.41, 5.74) is 14.9. The van der Waals surface area contributed by atoms with Crippen LogP contribution in [0.1, 0.15) is 28.9 Å². The second-order valence-electron chi connectivity index (χ2n) is 6.52. The molecule has 0 radical (unpaired) electrons. The van der Waals surface area contributed by atoms with E-state index >= 15 is 0 Å². The summed E-state index contributed by atoms with van der Waals surface area (Å²) in [7, 11) is 0. The summed E-state index contributed by atoms with van der Waals surface area (Å²) in [5, 5.41) is 24.2. The van der Waals surface area contributed by atoms with Crippen LogP contribution in [0.25, 0.3) is 0 Å². The van der Waals surface area contributed by atoms with Crippen LogP contribution in [0, 0.1) is 0 Å². The molecule has 1 heterocycles. The number of carbonyl (C=O) groups excluding carboxylic acids is 1. The number of aryl methyl sites for hydroxylation is 1. The summed E-state index contributed by atoms with van der Waals surface area (Å²) in [6, 6.07) is 7.58. The number of hydrogen-bond acceptors (Lipinski definition) is 10.